The average molecular weight is 154 g/mol. The van der Waals surface area contributed by atoms with Crippen LogP contribution in [0, 0.1) is 5.41 Å². The van der Waals surface area contributed by atoms with Crippen LogP contribution in [-0.2, 0) is 0 Å². The molecule has 0 spiro atoms. The topological polar surface area (TPSA) is 20.2 Å². The summed E-state index contributed by atoms with van der Waals surface area (Å²) in [5.41, 5.74) is -0.393. The van der Waals surface area contributed by atoms with Crippen molar-refractivity contribution in [3.8, 4) is 0 Å². The lowest BCUT2D eigenvalue weighted by atomic mass is 9.76. The van der Waals surface area contributed by atoms with Gasteiger partial charge in [0, 0.05) is 0 Å². The zero-order chi connectivity index (χ0) is 8.54. The van der Waals surface area contributed by atoms with E-state index in [1.165, 1.54) is 0 Å². The summed E-state index contributed by atoms with van der Waals surface area (Å²) >= 11 is 0. The van der Waals surface area contributed by atoms with E-state index in [1.807, 2.05) is 6.08 Å². The molecule has 1 N–H and O–H groups in total. The standard InChI is InChI=1S/C10H18O/c1-4-6-10(11)8-5-7-9(10,2)3/h4,11H,1,5-8H2,2-3H3. The molecule has 1 fully saturated rings. The molecule has 64 valence electrons. The molecule has 0 amide bonds. The zero-order valence-electron chi connectivity index (χ0n) is 7.56. The fourth-order valence-electron chi connectivity index (χ4n) is 2.01. The van der Waals surface area contributed by atoms with Crippen LogP contribution in [0.5, 0.6) is 0 Å². The molecule has 0 radical (unpaired) electrons. The highest BCUT2D eigenvalue weighted by atomic mass is 16.3. The van der Waals surface area contributed by atoms with E-state index in [0.717, 1.165) is 25.7 Å². The van der Waals surface area contributed by atoms with E-state index in [2.05, 4.69) is 20.4 Å². The Kier molecular flexibility index (Phi) is 2.10. The first-order chi connectivity index (χ1) is 5.02. The van der Waals surface area contributed by atoms with Crippen LogP contribution in [-0.4, -0.2) is 10.7 Å². The molecule has 1 aliphatic rings. The molecule has 1 rings (SSSR count). The van der Waals surface area contributed by atoms with Gasteiger partial charge in [-0.2, -0.15) is 0 Å². The molecule has 1 saturated carbocycles. The van der Waals surface area contributed by atoms with Crippen molar-refractivity contribution in [3.63, 3.8) is 0 Å². The first-order valence-electron chi connectivity index (χ1n) is 4.35. The van der Waals surface area contributed by atoms with E-state index in [0.29, 0.717) is 0 Å². The summed E-state index contributed by atoms with van der Waals surface area (Å²) in [6, 6.07) is 0. The third-order valence-electron chi connectivity index (χ3n) is 3.13. The molecule has 1 aliphatic carbocycles. The average Bonchev–Trinajstić information content (AvgIpc) is 2.09. The van der Waals surface area contributed by atoms with Crippen LogP contribution in [0.15, 0.2) is 12.7 Å². The Hall–Kier alpha value is -0.300. The van der Waals surface area contributed by atoms with Crippen LogP contribution in [0.4, 0.5) is 0 Å². The molecule has 0 aromatic carbocycles. The summed E-state index contributed by atoms with van der Waals surface area (Å²) in [4.78, 5) is 0. The van der Waals surface area contributed by atoms with Crippen LogP contribution in [0.3, 0.4) is 0 Å². The third kappa shape index (κ3) is 1.34. The fraction of sp³-hybridized carbons (Fsp3) is 0.800. The van der Waals surface area contributed by atoms with Crippen LogP contribution < -0.4 is 0 Å². The Balaban J connectivity index is 2.75. The molecular formula is C10H18O. The van der Waals surface area contributed by atoms with Gasteiger partial charge in [0.25, 0.3) is 0 Å². The fourth-order valence-corrected chi connectivity index (χ4v) is 2.01. The number of hydrogen-bond acceptors (Lipinski definition) is 1. The molecule has 0 aromatic rings. The molecule has 0 heterocycles. The van der Waals surface area contributed by atoms with E-state index >= 15 is 0 Å². The van der Waals surface area contributed by atoms with E-state index in [4.69, 9.17) is 0 Å². The first-order valence-corrected chi connectivity index (χ1v) is 4.35. The Morgan fingerprint density at radius 3 is 2.45 bits per heavy atom. The number of rotatable bonds is 2. The maximum absolute atomic E-state index is 10.1. The van der Waals surface area contributed by atoms with Gasteiger partial charge in [-0.3, -0.25) is 0 Å². The van der Waals surface area contributed by atoms with Crippen molar-refractivity contribution < 1.29 is 5.11 Å². The highest BCUT2D eigenvalue weighted by Crippen LogP contribution is 2.47. The van der Waals surface area contributed by atoms with E-state index in [1.54, 1.807) is 0 Å². The van der Waals surface area contributed by atoms with Crippen LogP contribution >= 0.6 is 0 Å². The molecule has 0 aromatic heterocycles. The Labute approximate surface area is 69.1 Å². The van der Waals surface area contributed by atoms with Gasteiger partial charge in [0.1, 0.15) is 0 Å². The quantitative estimate of drug-likeness (QED) is 0.606. The van der Waals surface area contributed by atoms with Crippen LogP contribution in [0.2, 0.25) is 0 Å². The summed E-state index contributed by atoms with van der Waals surface area (Å²) in [5, 5.41) is 10.1. The molecule has 1 unspecified atom stereocenters. The van der Waals surface area contributed by atoms with E-state index < -0.39 is 5.60 Å². The molecule has 0 saturated heterocycles. The minimum atomic E-state index is -0.477. The molecule has 0 aliphatic heterocycles. The lowest BCUT2D eigenvalue weighted by Crippen LogP contribution is -2.39. The second-order valence-electron chi connectivity index (χ2n) is 4.26. The summed E-state index contributed by atoms with van der Waals surface area (Å²) in [6.07, 6.45) is 5.79. The van der Waals surface area contributed by atoms with Gasteiger partial charge in [-0.1, -0.05) is 19.9 Å². The molecule has 1 atom stereocenters. The molecule has 1 nitrogen and oxygen atoms in total. The summed E-state index contributed by atoms with van der Waals surface area (Å²) in [7, 11) is 0. The number of hydrogen-bond donors (Lipinski definition) is 1. The van der Waals surface area contributed by atoms with Crippen molar-refractivity contribution in [2.75, 3.05) is 0 Å². The Morgan fingerprint density at radius 2 is 2.09 bits per heavy atom. The molecular weight excluding hydrogens is 136 g/mol. The highest BCUT2D eigenvalue weighted by Gasteiger charge is 2.46. The summed E-state index contributed by atoms with van der Waals surface area (Å²) in [5.74, 6) is 0. The smallest absolute Gasteiger partial charge is 0.0732 e. The summed E-state index contributed by atoms with van der Waals surface area (Å²) < 4.78 is 0. The zero-order valence-corrected chi connectivity index (χ0v) is 7.56. The van der Waals surface area contributed by atoms with Crippen molar-refractivity contribution in [2.45, 2.75) is 45.1 Å². The normalized spacial score (nSPS) is 35.5. The van der Waals surface area contributed by atoms with Crippen molar-refractivity contribution >= 4 is 0 Å². The van der Waals surface area contributed by atoms with Crippen molar-refractivity contribution in [2.24, 2.45) is 5.41 Å². The van der Waals surface area contributed by atoms with Gasteiger partial charge in [0.15, 0.2) is 0 Å². The van der Waals surface area contributed by atoms with Crippen LogP contribution in [0.25, 0.3) is 0 Å². The van der Waals surface area contributed by atoms with Crippen molar-refractivity contribution in [1.29, 1.82) is 0 Å². The lowest BCUT2D eigenvalue weighted by molar-refractivity contribution is -0.0396. The van der Waals surface area contributed by atoms with Gasteiger partial charge >= 0.3 is 0 Å². The van der Waals surface area contributed by atoms with Gasteiger partial charge < -0.3 is 5.11 Å². The number of aliphatic hydroxyl groups is 1. The van der Waals surface area contributed by atoms with Crippen molar-refractivity contribution in [1.82, 2.24) is 0 Å². The predicted molar refractivity (Wildman–Crippen MR) is 47.4 cm³/mol. The molecule has 11 heavy (non-hydrogen) atoms. The van der Waals surface area contributed by atoms with Crippen LogP contribution in [0.1, 0.15) is 39.5 Å². The Morgan fingerprint density at radius 1 is 1.45 bits per heavy atom. The highest BCUT2D eigenvalue weighted by molar-refractivity contribution is 5.01. The SMILES string of the molecule is C=CCC1(O)CCCC1(C)C. The van der Waals surface area contributed by atoms with E-state index in [9.17, 15) is 5.11 Å². The maximum Gasteiger partial charge on any atom is 0.0732 e. The largest absolute Gasteiger partial charge is 0.389 e. The third-order valence-corrected chi connectivity index (χ3v) is 3.13. The summed E-state index contributed by atoms with van der Waals surface area (Å²) in [6.45, 7) is 7.96. The lowest BCUT2D eigenvalue weighted by Gasteiger charge is -2.35. The first kappa shape index (κ1) is 8.79. The van der Waals surface area contributed by atoms with Gasteiger partial charge in [0.05, 0.1) is 5.60 Å². The Bertz CT molecular complexity index is 160. The van der Waals surface area contributed by atoms with Gasteiger partial charge in [0.2, 0.25) is 0 Å². The minimum Gasteiger partial charge on any atom is -0.389 e. The van der Waals surface area contributed by atoms with E-state index in [-0.39, 0.29) is 5.41 Å². The second kappa shape index (κ2) is 2.63. The molecule has 1 heteroatoms. The van der Waals surface area contributed by atoms with Gasteiger partial charge in [-0.05, 0) is 31.1 Å². The van der Waals surface area contributed by atoms with Gasteiger partial charge in [-0.25, -0.2) is 0 Å². The predicted octanol–water partition coefficient (Wildman–Crippen LogP) is 2.50. The minimum absolute atomic E-state index is 0.0845. The van der Waals surface area contributed by atoms with Crippen molar-refractivity contribution in [3.05, 3.63) is 12.7 Å². The second-order valence-corrected chi connectivity index (χ2v) is 4.26. The maximum atomic E-state index is 10.1. The molecule has 0 bridgehead atoms. The monoisotopic (exact) mass is 154 g/mol. The van der Waals surface area contributed by atoms with Gasteiger partial charge in [-0.15, -0.1) is 6.58 Å².